The molecule has 0 radical (unpaired) electrons. The lowest BCUT2D eigenvalue weighted by molar-refractivity contribution is -0.146. The van der Waals surface area contributed by atoms with Crippen molar-refractivity contribution < 1.29 is 34.3 Å². The molecule has 178 valence electrons. The number of aliphatic carboxylic acids is 1. The van der Waals surface area contributed by atoms with Gasteiger partial charge in [-0.25, -0.2) is 0 Å². The number of aliphatic hydroxyl groups is 2. The van der Waals surface area contributed by atoms with Crippen molar-refractivity contribution in [3.63, 3.8) is 0 Å². The average Bonchev–Trinajstić information content (AvgIpc) is 3.14. The van der Waals surface area contributed by atoms with Gasteiger partial charge in [0.25, 0.3) is 0 Å². The van der Waals surface area contributed by atoms with Crippen LogP contribution in [0.1, 0.15) is 23.1 Å². The molecule has 0 spiro atoms. The fourth-order valence-corrected chi connectivity index (χ4v) is 4.46. The largest absolute Gasteiger partial charge is 0.497 e. The lowest BCUT2D eigenvalue weighted by Crippen LogP contribution is -2.47. The van der Waals surface area contributed by atoms with Gasteiger partial charge in [0.1, 0.15) is 29.2 Å². The highest BCUT2D eigenvalue weighted by Crippen LogP contribution is 2.42. The quantitative estimate of drug-likeness (QED) is 0.418. The van der Waals surface area contributed by atoms with Gasteiger partial charge in [0, 0.05) is 0 Å². The van der Waals surface area contributed by atoms with Crippen molar-refractivity contribution in [2.45, 2.75) is 29.8 Å². The number of hydrogen-bond acceptors (Lipinski definition) is 6. The molecule has 7 heteroatoms. The fourth-order valence-electron chi connectivity index (χ4n) is 4.46. The minimum atomic E-state index is -1.87. The summed E-state index contributed by atoms with van der Waals surface area (Å²) in [5.74, 6) is -0.514. The molecule has 34 heavy (non-hydrogen) atoms. The molecule has 0 aliphatic carbocycles. The van der Waals surface area contributed by atoms with Crippen LogP contribution in [0.25, 0.3) is 0 Å². The van der Waals surface area contributed by atoms with E-state index in [0.717, 1.165) is 16.7 Å². The van der Waals surface area contributed by atoms with Crippen molar-refractivity contribution in [1.82, 2.24) is 0 Å². The molecule has 0 saturated carbocycles. The molecule has 7 nitrogen and oxygen atoms in total. The number of carbonyl (C=O) groups is 1. The summed E-state index contributed by atoms with van der Waals surface area (Å²) in [5.41, 5.74) is -0.383. The van der Waals surface area contributed by atoms with E-state index in [1.165, 1.54) is 0 Å². The van der Waals surface area contributed by atoms with Crippen LogP contribution in [-0.4, -0.2) is 59.4 Å². The van der Waals surface area contributed by atoms with Gasteiger partial charge < -0.3 is 29.5 Å². The van der Waals surface area contributed by atoms with Gasteiger partial charge in [-0.3, -0.25) is 4.79 Å². The molecular weight excluding hydrogens is 436 g/mol. The van der Waals surface area contributed by atoms with Gasteiger partial charge in [-0.05, 0) is 28.8 Å². The lowest BCUT2D eigenvalue weighted by atomic mass is 9.80. The first kappa shape index (κ1) is 23.9. The Balaban J connectivity index is 1.75. The molecule has 1 heterocycles. The number of methoxy groups -OCH3 is 1. The van der Waals surface area contributed by atoms with Gasteiger partial charge in [-0.1, -0.05) is 72.8 Å². The molecule has 3 aromatic rings. The lowest BCUT2D eigenvalue weighted by Gasteiger charge is -2.37. The fraction of sp³-hybridized carbons (Fsp3) is 0.296. The first-order chi connectivity index (χ1) is 16.4. The molecule has 1 aliphatic heterocycles. The molecule has 0 unspecified atom stereocenters. The summed E-state index contributed by atoms with van der Waals surface area (Å²) in [6, 6.07) is 26.9. The monoisotopic (exact) mass is 464 g/mol. The van der Waals surface area contributed by atoms with E-state index in [-0.39, 0.29) is 13.2 Å². The van der Waals surface area contributed by atoms with E-state index in [2.05, 4.69) is 0 Å². The van der Waals surface area contributed by atoms with E-state index in [0.29, 0.717) is 5.75 Å². The number of hydrogen-bond donors (Lipinski definition) is 3. The van der Waals surface area contributed by atoms with Crippen molar-refractivity contribution in [2.24, 2.45) is 0 Å². The Kier molecular flexibility index (Phi) is 7.00. The first-order valence-corrected chi connectivity index (χ1v) is 11.0. The van der Waals surface area contributed by atoms with Gasteiger partial charge in [0.05, 0.1) is 26.7 Å². The Morgan fingerprint density at radius 1 is 0.971 bits per heavy atom. The maximum atomic E-state index is 11.2. The molecular formula is C27H28O7. The molecule has 0 aromatic heterocycles. The summed E-state index contributed by atoms with van der Waals surface area (Å²) < 4.78 is 17.6. The summed E-state index contributed by atoms with van der Waals surface area (Å²) in [7, 11) is 1.60. The second-order valence-electron chi connectivity index (χ2n) is 8.42. The Labute approximate surface area is 198 Å². The van der Waals surface area contributed by atoms with E-state index in [9.17, 15) is 15.0 Å². The maximum absolute atomic E-state index is 11.2. The third kappa shape index (κ3) is 4.56. The zero-order valence-electron chi connectivity index (χ0n) is 18.8. The molecule has 4 rings (SSSR count). The van der Waals surface area contributed by atoms with Crippen LogP contribution in [-0.2, 0) is 19.9 Å². The smallest absolute Gasteiger partial charge is 0.306 e. The minimum Gasteiger partial charge on any atom is -0.497 e. The number of benzene rings is 3. The van der Waals surface area contributed by atoms with Crippen LogP contribution < -0.4 is 4.74 Å². The maximum Gasteiger partial charge on any atom is 0.306 e. The van der Waals surface area contributed by atoms with Crippen molar-refractivity contribution in [3.8, 4) is 5.75 Å². The van der Waals surface area contributed by atoms with Gasteiger partial charge in [-0.2, -0.15) is 0 Å². The van der Waals surface area contributed by atoms with E-state index >= 15 is 0 Å². The van der Waals surface area contributed by atoms with Crippen LogP contribution in [0.4, 0.5) is 0 Å². The summed E-state index contributed by atoms with van der Waals surface area (Å²) in [5, 5.41) is 30.4. The molecule has 3 atom stereocenters. The van der Waals surface area contributed by atoms with Gasteiger partial charge in [0.15, 0.2) is 0 Å². The highest BCUT2D eigenvalue weighted by Gasteiger charge is 2.50. The molecule has 0 bridgehead atoms. The van der Waals surface area contributed by atoms with Crippen LogP contribution >= 0.6 is 0 Å². The number of carboxylic acids is 1. The van der Waals surface area contributed by atoms with Crippen molar-refractivity contribution >= 4 is 5.97 Å². The SMILES string of the molecule is COc1ccc(C(OC[C@H]2OC[C@@](O)(CC(=O)O)[C@H]2O)(c2ccccc2)c2ccccc2)cc1. The highest BCUT2D eigenvalue weighted by molar-refractivity contribution is 5.68. The van der Waals surface area contributed by atoms with Crippen molar-refractivity contribution in [1.29, 1.82) is 0 Å². The summed E-state index contributed by atoms with van der Waals surface area (Å²) in [6.07, 6.45) is -2.94. The number of aliphatic hydroxyl groups excluding tert-OH is 1. The summed E-state index contributed by atoms with van der Waals surface area (Å²) >= 11 is 0. The Morgan fingerprint density at radius 3 is 2.00 bits per heavy atom. The predicted molar refractivity (Wildman–Crippen MR) is 125 cm³/mol. The van der Waals surface area contributed by atoms with Crippen LogP contribution in [0, 0.1) is 0 Å². The van der Waals surface area contributed by atoms with E-state index < -0.39 is 35.8 Å². The Bertz CT molecular complexity index is 1050. The number of ether oxygens (including phenoxy) is 3. The van der Waals surface area contributed by atoms with Gasteiger partial charge >= 0.3 is 5.97 Å². The summed E-state index contributed by atoms with van der Waals surface area (Å²) in [4.78, 5) is 11.2. The second-order valence-corrected chi connectivity index (χ2v) is 8.42. The Hall–Kier alpha value is -3.23. The molecule has 1 saturated heterocycles. The number of rotatable bonds is 9. The van der Waals surface area contributed by atoms with E-state index in [1.54, 1.807) is 7.11 Å². The molecule has 1 aliphatic rings. The van der Waals surface area contributed by atoms with Gasteiger partial charge in [-0.15, -0.1) is 0 Å². The zero-order chi connectivity index (χ0) is 24.2. The standard InChI is InChI=1S/C27H28O7/c1-32-22-14-12-21(13-15-22)27(19-8-4-2-5-9-19,20-10-6-3-7-11-20)34-17-23-25(30)26(31,18-33-23)16-24(28)29/h2-15,23,25,30-31H,16-18H2,1H3,(H,28,29)/t23-,25+,26+/m1/s1. The van der Waals surface area contributed by atoms with E-state index in [1.807, 2.05) is 84.9 Å². The van der Waals surface area contributed by atoms with Crippen molar-refractivity contribution in [3.05, 3.63) is 102 Å². The Morgan fingerprint density at radius 2 is 1.50 bits per heavy atom. The molecule has 3 aromatic carbocycles. The molecule has 3 N–H and O–H groups in total. The number of carboxylic acid groups (broad SMARTS) is 1. The average molecular weight is 465 g/mol. The van der Waals surface area contributed by atoms with Crippen LogP contribution in [0.2, 0.25) is 0 Å². The van der Waals surface area contributed by atoms with E-state index in [4.69, 9.17) is 19.3 Å². The minimum absolute atomic E-state index is 0.0844. The summed E-state index contributed by atoms with van der Waals surface area (Å²) in [6.45, 7) is -0.375. The topological polar surface area (TPSA) is 105 Å². The normalized spacial score (nSPS) is 22.4. The molecule has 0 amide bonds. The zero-order valence-corrected chi connectivity index (χ0v) is 18.8. The third-order valence-electron chi connectivity index (χ3n) is 6.23. The first-order valence-electron chi connectivity index (χ1n) is 11.0. The van der Waals surface area contributed by atoms with Crippen LogP contribution in [0.5, 0.6) is 5.75 Å². The van der Waals surface area contributed by atoms with Crippen molar-refractivity contribution in [2.75, 3.05) is 20.3 Å². The van der Waals surface area contributed by atoms with Crippen LogP contribution in [0.3, 0.4) is 0 Å². The molecule has 1 fully saturated rings. The highest BCUT2D eigenvalue weighted by atomic mass is 16.6. The third-order valence-corrected chi connectivity index (χ3v) is 6.23. The van der Waals surface area contributed by atoms with Crippen LogP contribution in [0.15, 0.2) is 84.9 Å². The van der Waals surface area contributed by atoms with Gasteiger partial charge in [0.2, 0.25) is 0 Å². The predicted octanol–water partition coefficient (Wildman–Crippen LogP) is 2.97. The second kappa shape index (κ2) is 9.95.